The Labute approximate surface area is 79.6 Å². The number of nitrogens with zero attached hydrogens (tertiary/aromatic N) is 5. The van der Waals surface area contributed by atoms with E-state index >= 15 is 0 Å². The van der Waals surface area contributed by atoms with E-state index in [4.69, 9.17) is 5.73 Å². The van der Waals surface area contributed by atoms with Gasteiger partial charge in [0.1, 0.15) is 12.7 Å². The molecule has 0 amide bonds. The third-order valence-corrected chi connectivity index (χ3v) is 1.62. The van der Waals surface area contributed by atoms with Gasteiger partial charge in [0.25, 0.3) is 0 Å². The smallest absolute Gasteiger partial charge is 0.243 e. The number of hydrogen-bond donors (Lipinski definition) is 3. The summed E-state index contributed by atoms with van der Waals surface area (Å²) < 4.78 is 1.85. The lowest BCUT2D eigenvalue weighted by Gasteiger charge is -2.00. The first kappa shape index (κ1) is 8.48. The first-order chi connectivity index (χ1) is 6.84. The van der Waals surface area contributed by atoms with Crippen molar-refractivity contribution in [3.8, 4) is 0 Å². The Bertz CT molecular complexity index is 376. The van der Waals surface area contributed by atoms with E-state index in [1.54, 1.807) is 12.7 Å². The van der Waals surface area contributed by atoms with E-state index in [0.717, 1.165) is 6.54 Å². The lowest BCUT2D eigenvalue weighted by Crippen LogP contribution is -2.10. The third kappa shape index (κ3) is 1.97. The summed E-state index contributed by atoms with van der Waals surface area (Å²) in [6, 6.07) is 0. The Morgan fingerprint density at radius 1 is 1.43 bits per heavy atom. The van der Waals surface area contributed by atoms with Crippen LogP contribution in [0.5, 0.6) is 0 Å². The van der Waals surface area contributed by atoms with Crippen molar-refractivity contribution in [1.29, 1.82) is 0 Å². The second-order valence-electron chi connectivity index (χ2n) is 2.67. The average Bonchev–Trinajstić information content (AvgIpc) is 2.77. The molecule has 2 aromatic rings. The average molecular weight is 194 g/mol. The number of nitrogen functional groups attached to an aromatic ring is 1. The van der Waals surface area contributed by atoms with Crippen LogP contribution in [-0.4, -0.2) is 36.5 Å². The van der Waals surface area contributed by atoms with E-state index in [-0.39, 0.29) is 0 Å². The molecule has 0 saturated heterocycles. The van der Waals surface area contributed by atoms with Gasteiger partial charge in [-0.1, -0.05) is 0 Å². The molecule has 0 radical (unpaired) electrons. The van der Waals surface area contributed by atoms with Crippen molar-refractivity contribution in [2.24, 2.45) is 0 Å². The molecular formula is C6H10N8. The van der Waals surface area contributed by atoms with Gasteiger partial charge in [-0.3, -0.25) is 0 Å². The van der Waals surface area contributed by atoms with Crippen LogP contribution in [0.3, 0.4) is 0 Å². The normalized spacial score (nSPS) is 10.3. The van der Waals surface area contributed by atoms with Crippen LogP contribution >= 0.6 is 0 Å². The highest BCUT2D eigenvalue weighted by atomic mass is 15.3. The number of anilines is 2. The van der Waals surface area contributed by atoms with E-state index < -0.39 is 0 Å². The predicted octanol–water partition coefficient (Wildman–Crippen LogP) is -0.910. The maximum absolute atomic E-state index is 5.35. The largest absolute Gasteiger partial charge is 0.368 e. The molecule has 2 aromatic heterocycles. The Morgan fingerprint density at radius 3 is 2.86 bits per heavy atom. The zero-order valence-electron chi connectivity index (χ0n) is 7.38. The zero-order chi connectivity index (χ0) is 9.80. The predicted molar refractivity (Wildman–Crippen MR) is 49.3 cm³/mol. The molecule has 0 saturated carbocycles. The van der Waals surface area contributed by atoms with Gasteiger partial charge < -0.3 is 15.6 Å². The van der Waals surface area contributed by atoms with E-state index in [2.05, 4.69) is 30.7 Å². The van der Waals surface area contributed by atoms with Gasteiger partial charge in [0.05, 0.1) is 0 Å². The van der Waals surface area contributed by atoms with E-state index in [9.17, 15) is 0 Å². The molecule has 0 aliphatic carbocycles. The van der Waals surface area contributed by atoms with Crippen molar-refractivity contribution in [3.05, 3.63) is 12.7 Å². The molecule has 8 heteroatoms. The maximum atomic E-state index is 5.35. The van der Waals surface area contributed by atoms with Crippen LogP contribution in [0.4, 0.5) is 11.9 Å². The Morgan fingerprint density at radius 2 is 2.21 bits per heavy atom. The minimum absolute atomic E-state index is 0.303. The number of nitrogens with two attached hydrogens (primary N) is 1. The maximum Gasteiger partial charge on any atom is 0.243 e. The Kier molecular flexibility index (Phi) is 2.26. The van der Waals surface area contributed by atoms with Crippen molar-refractivity contribution >= 4 is 11.9 Å². The van der Waals surface area contributed by atoms with Crippen molar-refractivity contribution in [1.82, 2.24) is 29.9 Å². The van der Waals surface area contributed by atoms with E-state index in [1.165, 1.54) is 0 Å². The summed E-state index contributed by atoms with van der Waals surface area (Å²) in [5.74, 6) is 0.798. The molecular weight excluding hydrogens is 184 g/mol. The van der Waals surface area contributed by atoms with Crippen molar-refractivity contribution in [2.45, 2.75) is 6.54 Å². The molecule has 0 atom stereocenters. The fourth-order valence-electron chi connectivity index (χ4n) is 0.988. The second-order valence-corrected chi connectivity index (χ2v) is 2.67. The second kappa shape index (κ2) is 3.73. The molecule has 8 nitrogen and oxygen atoms in total. The number of rotatable bonds is 4. The summed E-state index contributed by atoms with van der Waals surface area (Å²) in [7, 11) is 0. The lowest BCUT2D eigenvalue weighted by atomic mass is 10.6. The highest BCUT2D eigenvalue weighted by molar-refractivity contribution is 5.29. The van der Waals surface area contributed by atoms with Crippen molar-refractivity contribution in [3.63, 3.8) is 0 Å². The van der Waals surface area contributed by atoms with Gasteiger partial charge in [0.2, 0.25) is 11.9 Å². The van der Waals surface area contributed by atoms with Gasteiger partial charge in [-0.2, -0.15) is 4.98 Å². The van der Waals surface area contributed by atoms with Crippen LogP contribution in [0, 0.1) is 0 Å². The van der Waals surface area contributed by atoms with Crippen molar-refractivity contribution < 1.29 is 0 Å². The van der Waals surface area contributed by atoms with E-state index in [1.807, 2.05) is 4.57 Å². The summed E-state index contributed by atoms with van der Waals surface area (Å²) in [6.45, 7) is 1.44. The molecule has 0 fully saturated rings. The first-order valence-corrected chi connectivity index (χ1v) is 4.09. The third-order valence-electron chi connectivity index (χ3n) is 1.62. The van der Waals surface area contributed by atoms with Crippen LogP contribution in [0.15, 0.2) is 12.7 Å². The number of aromatic amines is 1. The lowest BCUT2D eigenvalue weighted by molar-refractivity contribution is 0.721. The van der Waals surface area contributed by atoms with Crippen molar-refractivity contribution in [2.75, 3.05) is 17.6 Å². The molecule has 0 unspecified atom stereocenters. The summed E-state index contributed by atoms with van der Waals surface area (Å²) in [5, 5.41) is 16.7. The van der Waals surface area contributed by atoms with Gasteiger partial charge in [0, 0.05) is 13.1 Å². The molecule has 0 aromatic carbocycles. The molecule has 2 rings (SSSR count). The fraction of sp³-hybridized carbons (Fsp3) is 0.333. The Balaban J connectivity index is 1.78. The van der Waals surface area contributed by atoms with Crippen LogP contribution in [0.2, 0.25) is 0 Å². The van der Waals surface area contributed by atoms with E-state index in [0.29, 0.717) is 18.4 Å². The molecule has 0 aliphatic rings. The topological polar surface area (TPSA) is 110 Å². The van der Waals surface area contributed by atoms with Gasteiger partial charge in [0.15, 0.2) is 0 Å². The molecule has 0 aliphatic heterocycles. The highest BCUT2D eigenvalue weighted by Crippen LogP contribution is 1.97. The molecule has 2 heterocycles. The Hall–Kier alpha value is -2.12. The molecule has 4 N–H and O–H groups in total. The summed E-state index contributed by atoms with van der Waals surface area (Å²) >= 11 is 0. The molecule has 14 heavy (non-hydrogen) atoms. The van der Waals surface area contributed by atoms with Crippen LogP contribution in [0.25, 0.3) is 0 Å². The minimum atomic E-state index is 0.303. The first-order valence-electron chi connectivity index (χ1n) is 4.09. The van der Waals surface area contributed by atoms with Gasteiger partial charge in [-0.15, -0.1) is 15.3 Å². The SMILES string of the molecule is Nc1nc(NCCn2cnnc2)n[nH]1. The van der Waals surface area contributed by atoms with Crippen LogP contribution in [0.1, 0.15) is 0 Å². The molecule has 0 bridgehead atoms. The summed E-state index contributed by atoms with van der Waals surface area (Å²) in [6.07, 6.45) is 3.29. The summed E-state index contributed by atoms with van der Waals surface area (Å²) in [4.78, 5) is 3.89. The van der Waals surface area contributed by atoms with Gasteiger partial charge >= 0.3 is 0 Å². The quantitative estimate of drug-likeness (QED) is 0.581. The fourth-order valence-corrected chi connectivity index (χ4v) is 0.988. The van der Waals surface area contributed by atoms with Crippen LogP contribution in [-0.2, 0) is 6.54 Å². The van der Waals surface area contributed by atoms with Gasteiger partial charge in [-0.05, 0) is 0 Å². The molecule has 74 valence electrons. The number of nitrogens with one attached hydrogen (secondary N) is 2. The summed E-state index contributed by atoms with van der Waals surface area (Å²) in [5.41, 5.74) is 5.35. The van der Waals surface area contributed by atoms with Crippen LogP contribution < -0.4 is 11.1 Å². The van der Waals surface area contributed by atoms with Gasteiger partial charge in [-0.25, -0.2) is 5.10 Å². The zero-order valence-corrected chi connectivity index (χ0v) is 7.38. The number of aromatic nitrogens is 6. The highest BCUT2D eigenvalue weighted by Gasteiger charge is 1.97. The molecule has 0 spiro atoms. The standard InChI is InChI=1S/C6H10N8/c7-5-11-6(13-12-5)8-1-2-14-3-9-10-4-14/h3-4H,1-2H2,(H4,7,8,11,12,13). The monoisotopic (exact) mass is 194 g/mol. The number of hydrogen-bond acceptors (Lipinski definition) is 6. The number of H-pyrrole nitrogens is 1. The minimum Gasteiger partial charge on any atom is -0.368 e.